The number of anilines is 2. The Labute approximate surface area is 217 Å². The molecule has 0 aromatic heterocycles. The van der Waals surface area contributed by atoms with Crippen LogP contribution in [0.4, 0.5) is 21.5 Å². The average molecular weight is 507 g/mol. The number of benzene rings is 2. The van der Waals surface area contributed by atoms with Crippen LogP contribution in [-0.2, 0) is 4.79 Å². The van der Waals surface area contributed by atoms with E-state index in [2.05, 4.69) is 37.9 Å². The first-order valence-electron chi connectivity index (χ1n) is 11.9. The fraction of sp³-hybridized carbons (Fsp3) is 0.429. The third kappa shape index (κ3) is 4.16. The molecule has 2 aromatic rings. The van der Waals surface area contributed by atoms with Gasteiger partial charge in [-0.05, 0) is 85.1 Å². The number of amides is 2. The standard InChI is InChI=1S/C28H31FN4O2S/c1-17-12-18(9-11-22(17)30-6)32-24(35)28(15-26(2,3)14-27(4,5)16-28)33(25(32)36)19-8-10-20(21(29)13-19)23(34)31-7/h8-13H,14-16H2,1-5,7H3,(H,31,34). The number of hydrogen-bond donors (Lipinski definition) is 1. The van der Waals surface area contributed by atoms with Gasteiger partial charge in [-0.3, -0.25) is 14.5 Å². The molecule has 0 unspecified atom stereocenters. The molecule has 2 fully saturated rings. The van der Waals surface area contributed by atoms with Crippen LogP contribution in [0.3, 0.4) is 0 Å². The van der Waals surface area contributed by atoms with Gasteiger partial charge in [0.25, 0.3) is 11.8 Å². The van der Waals surface area contributed by atoms with E-state index in [1.807, 2.05) is 6.92 Å². The van der Waals surface area contributed by atoms with Crippen molar-refractivity contribution in [3.8, 4) is 0 Å². The number of halogens is 1. The fourth-order valence-corrected chi connectivity index (χ4v) is 6.97. The second-order valence-electron chi connectivity index (χ2n) is 11.5. The summed E-state index contributed by atoms with van der Waals surface area (Å²) in [4.78, 5) is 33.3. The van der Waals surface area contributed by atoms with E-state index in [-0.39, 0.29) is 27.4 Å². The first-order valence-corrected chi connectivity index (χ1v) is 12.3. The van der Waals surface area contributed by atoms with Crippen LogP contribution in [0.2, 0.25) is 0 Å². The second-order valence-corrected chi connectivity index (χ2v) is 11.8. The minimum atomic E-state index is -1.02. The van der Waals surface area contributed by atoms with Gasteiger partial charge in [-0.15, -0.1) is 0 Å². The van der Waals surface area contributed by atoms with Crippen molar-refractivity contribution >= 4 is 46.2 Å². The van der Waals surface area contributed by atoms with E-state index in [4.69, 9.17) is 18.8 Å². The number of carbonyl (C=O) groups is 2. The predicted molar refractivity (Wildman–Crippen MR) is 144 cm³/mol. The van der Waals surface area contributed by atoms with Crippen molar-refractivity contribution in [2.75, 3.05) is 16.8 Å². The van der Waals surface area contributed by atoms with Gasteiger partial charge in [0.2, 0.25) is 0 Å². The van der Waals surface area contributed by atoms with Crippen LogP contribution in [0.1, 0.15) is 62.9 Å². The SMILES string of the molecule is [C-]#[N+]c1ccc(N2C(=O)C3(CC(C)(C)CC(C)(C)C3)N(c3ccc(C(=O)NC)c(F)c3)C2=S)cc1C. The molecule has 0 atom stereocenters. The number of hydrogen-bond acceptors (Lipinski definition) is 3. The maximum Gasteiger partial charge on any atom is 0.259 e. The zero-order valence-corrected chi connectivity index (χ0v) is 22.3. The van der Waals surface area contributed by atoms with Crippen LogP contribution in [0.25, 0.3) is 4.85 Å². The lowest BCUT2D eigenvalue weighted by Crippen LogP contribution is -2.58. The summed E-state index contributed by atoms with van der Waals surface area (Å²) < 4.78 is 15.1. The molecule has 4 rings (SSSR count). The van der Waals surface area contributed by atoms with Gasteiger partial charge in [-0.25, -0.2) is 9.24 Å². The highest BCUT2D eigenvalue weighted by Crippen LogP contribution is 2.56. The Bertz CT molecular complexity index is 1310. The van der Waals surface area contributed by atoms with E-state index in [1.165, 1.54) is 24.1 Å². The summed E-state index contributed by atoms with van der Waals surface area (Å²) in [5, 5.41) is 2.71. The minimum absolute atomic E-state index is 0.0711. The largest absolute Gasteiger partial charge is 0.355 e. The molecule has 2 amide bonds. The summed E-state index contributed by atoms with van der Waals surface area (Å²) in [6.07, 6.45) is 2.01. The molecular formula is C28H31FN4O2S. The summed E-state index contributed by atoms with van der Waals surface area (Å²) in [5.74, 6) is -1.35. The second kappa shape index (κ2) is 8.67. The van der Waals surface area contributed by atoms with Crippen molar-refractivity contribution in [1.29, 1.82) is 0 Å². The monoisotopic (exact) mass is 506 g/mol. The highest BCUT2D eigenvalue weighted by molar-refractivity contribution is 7.81. The lowest BCUT2D eigenvalue weighted by atomic mass is 9.58. The summed E-state index contributed by atoms with van der Waals surface area (Å²) in [6, 6.07) is 9.59. The normalized spacial score (nSPS) is 19.9. The Morgan fingerprint density at radius 2 is 1.67 bits per heavy atom. The number of carbonyl (C=O) groups excluding carboxylic acids is 2. The van der Waals surface area contributed by atoms with E-state index in [9.17, 15) is 9.59 Å². The van der Waals surface area contributed by atoms with Crippen LogP contribution in [0, 0.1) is 30.1 Å². The molecule has 1 saturated carbocycles. The number of nitrogens with one attached hydrogen (secondary N) is 1. The highest BCUT2D eigenvalue weighted by atomic mass is 32.1. The van der Waals surface area contributed by atoms with Gasteiger partial charge < -0.3 is 10.2 Å². The molecule has 8 heteroatoms. The molecule has 1 N–H and O–H groups in total. The van der Waals surface area contributed by atoms with Crippen molar-refractivity contribution in [2.45, 2.75) is 59.4 Å². The van der Waals surface area contributed by atoms with E-state index >= 15 is 4.39 Å². The lowest BCUT2D eigenvalue weighted by Gasteiger charge is -2.52. The Morgan fingerprint density at radius 3 is 2.19 bits per heavy atom. The number of nitrogens with zero attached hydrogens (tertiary/aromatic N) is 3. The van der Waals surface area contributed by atoms with E-state index in [0.717, 1.165) is 12.0 Å². The van der Waals surface area contributed by atoms with Crippen LogP contribution >= 0.6 is 12.2 Å². The molecule has 2 aromatic carbocycles. The topological polar surface area (TPSA) is 57.0 Å². The highest BCUT2D eigenvalue weighted by Gasteiger charge is 2.62. The van der Waals surface area contributed by atoms with Crippen molar-refractivity contribution in [3.63, 3.8) is 0 Å². The van der Waals surface area contributed by atoms with Crippen molar-refractivity contribution in [2.24, 2.45) is 10.8 Å². The third-order valence-electron chi connectivity index (χ3n) is 7.15. The van der Waals surface area contributed by atoms with E-state index in [1.54, 1.807) is 29.2 Å². The van der Waals surface area contributed by atoms with Gasteiger partial charge in [0, 0.05) is 18.4 Å². The molecular weight excluding hydrogens is 475 g/mol. The molecule has 2 aliphatic rings. The molecule has 6 nitrogen and oxygen atoms in total. The molecule has 1 heterocycles. The molecule has 0 bridgehead atoms. The maximum atomic E-state index is 15.1. The quantitative estimate of drug-likeness (QED) is 0.400. The van der Waals surface area contributed by atoms with Crippen molar-refractivity contribution < 1.29 is 14.0 Å². The predicted octanol–water partition coefficient (Wildman–Crippen LogP) is 6.16. The van der Waals surface area contributed by atoms with Crippen LogP contribution < -0.4 is 15.1 Å². The Balaban J connectivity index is 1.92. The van der Waals surface area contributed by atoms with Crippen molar-refractivity contribution in [3.05, 3.63) is 64.8 Å². The number of rotatable bonds is 3. The number of aryl methyl sites for hydroxylation is 1. The van der Waals surface area contributed by atoms with Gasteiger partial charge >= 0.3 is 0 Å². The van der Waals surface area contributed by atoms with Gasteiger partial charge in [-0.2, -0.15) is 0 Å². The summed E-state index contributed by atoms with van der Waals surface area (Å²) >= 11 is 5.93. The third-order valence-corrected chi connectivity index (χ3v) is 7.52. The first-order chi connectivity index (χ1) is 16.7. The Hall–Kier alpha value is -3.31. The molecule has 36 heavy (non-hydrogen) atoms. The zero-order valence-electron chi connectivity index (χ0n) is 21.5. The van der Waals surface area contributed by atoms with Gasteiger partial charge in [-0.1, -0.05) is 33.8 Å². The fourth-order valence-electron chi connectivity index (χ4n) is 6.50. The van der Waals surface area contributed by atoms with E-state index < -0.39 is 17.3 Å². The van der Waals surface area contributed by atoms with Crippen LogP contribution in [0.5, 0.6) is 0 Å². The van der Waals surface area contributed by atoms with Gasteiger partial charge in [0.1, 0.15) is 11.4 Å². The molecule has 0 radical (unpaired) electrons. The molecule has 1 saturated heterocycles. The van der Waals surface area contributed by atoms with Crippen molar-refractivity contribution in [1.82, 2.24) is 5.32 Å². The summed E-state index contributed by atoms with van der Waals surface area (Å²) in [6.45, 7) is 17.8. The summed E-state index contributed by atoms with van der Waals surface area (Å²) in [5.41, 5.74) is 0.834. The summed E-state index contributed by atoms with van der Waals surface area (Å²) in [7, 11) is 1.45. The molecule has 1 aliphatic heterocycles. The lowest BCUT2D eigenvalue weighted by molar-refractivity contribution is -0.126. The minimum Gasteiger partial charge on any atom is -0.355 e. The molecule has 188 valence electrons. The first kappa shape index (κ1) is 25.8. The van der Waals surface area contributed by atoms with Crippen LogP contribution in [-0.4, -0.2) is 29.5 Å². The van der Waals surface area contributed by atoms with Gasteiger partial charge in [0.05, 0.1) is 12.1 Å². The van der Waals surface area contributed by atoms with Crippen LogP contribution in [0.15, 0.2) is 36.4 Å². The zero-order chi connectivity index (χ0) is 26.6. The van der Waals surface area contributed by atoms with Gasteiger partial charge in [0.15, 0.2) is 10.8 Å². The Kier molecular flexibility index (Phi) is 6.20. The molecule has 1 aliphatic carbocycles. The molecule has 1 spiro atoms. The smallest absolute Gasteiger partial charge is 0.259 e. The van der Waals surface area contributed by atoms with E-state index in [0.29, 0.717) is 29.9 Å². The average Bonchev–Trinajstić information content (AvgIpc) is 2.96. The number of thiocarbonyl (C=S) groups is 1. The maximum absolute atomic E-state index is 15.1. The Morgan fingerprint density at radius 1 is 1.06 bits per heavy atom.